The number of carbonyl (C=O) groups is 1. The van der Waals surface area contributed by atoms with Gasteiger partial charge in [0.25, 0.3) is 0 Å². The molecule has 0 saturated carbocycles. The van der Waals surface area contributed by atoms with Gasteiger partial charge < -0.3 is 4.74 Å². The highest BCUT2D eigenvalue weighted by Gasteiger charge is 2.15. The molecule has 4 nitrogen and oxygen atoms in total. The topological polar surface area (TPSA) is 42.4 Å². The van der Waals surface area contributed by atoms with Gasteiger partial charge in [0.05, 0.1) is 13.2 Å². The fourth-order valence-electron chi connectivity index (χ4n) is 1.66. The summed E-state index contributed by atoms with van der Waals surface area (Å²) in [6, 6.07) is 1.76. The molecule has 1 aromatic heterocycles. The summed E-state index contributed by atoms with van der Waals surface area (Å²) in [6.45, 7) is 7.33. The summed E-state index contributed by atoms with van der Waals surface area (Å²) in [7, 11) is 0. The van der Waals surface area contributed by atoms with E-state index in [1.807, 2.05) is 18.7 Å². The molecule has 0 atom stereocenters. The molecule has 0 unspecified atom stereocenters. The fraction of sp³-hybridized carbons (Fsp3) is 0.538. The Hall–Kier alpha value is -0.840. The first-order valence-electron chi connectivity index (χ1n) is 6.17. The SMILES string of the molecule is CCOC(=O)CN(CC)Cc1c(Cl)cc(C)nc1Cl. The lowest BCUT2D eigenvalue weighted by molar-refractivity contribution is -0.144. The number of aromatic nitrogens is 1. The quantitative estimate of drug-likeness (QED) is 0.598. The third-order valence-corrected chi connectivity index (χ3v) is 3.28. The van der Waals surface area contributed by atoms with Crippen LogP contribution in [0, 0.1) is 6.92 Å². The number of hydrogen-bond acceptors (Lipinski definition) is 4. The maximum atomic E-state index is 11.5. The third kappa shape index (κ3) is 4.97. The number of pyridine rings is 1. The minimum Gasteiger partial charge on any atom is -0.465 e. The highest BCUT2D eigenvalue weighted by molar-refractivity contribution is 6.35. The van der Waals surface area contributed by atoms with E-state index in [-0.39, 0.29) is 12.5 Å². The number of nitrogens with zero attached hydrogens (tertiary/aromatic N) is 2. The largest absolute Gasteiger partial charge is 0.465 e. The average Bonchev–Trinajstić information content (AvgIpc) is 2.32. The highest BCUT2D eigenvalue weighted by atomic mass is 35.5. The van der Waals surface area contributed by atoms with Gasteiger partial charge in [-0.3, -0.25) is 9.69 Å². The van der Waals surface area contributed by atoms with Gasteiger partial charge in [-0.25, -0.2) is 4.98 Å². The van der Waals surface area contributed by atoms with Crippen LogP contribution < -0.4 is 0 Å². The molecular formula is C13H18Cl2N2O2. The Morgan fingerprint density at radius 2 is 2.11 bits per heavy atom. The molecule has 6 heteroatoms. The van der Waals surface area contributed by atoms with Gasteiger partial charge in [-0.15, -0.1) is 0 Å². The maximum absolute atomic E-state index is 11.5. The van der Waals surface area contributed by atoms with Crippen molar-refractivity contribution in [2.24, 2.45) is 0 Å². The Morgan fingerprint density at radius 1 is 1.42 bits per heavy atom. The van der Waals surface area contributed by atoms with E-state index in [4.69, 9.17) is 27.9 Å². The monoisotopic (exact) mass is 304 g/mol. The molecule has 19 heavy (non-hydrogen) atoms. The molecule has 0 amide bonds. The lowest BCUT2D eigenvalue weighted by Gasteiger charge is -2.20. The van der Waals surface area contributed by atoms with E-state index in [1.54, 1.807) is 13.0 Å². The fourth-order valence-corrected chi connectivity index (χ4v) is 2.31. The summed E-state index contributed by atoms with van der Waals surface area (Å²) in [5.41, 5.74) is 1.51. The van der Waals surface area contributed by atoms with E-state index in [2.05, 4.69) is 4.98 Å². The smallest absolute Gasteiger partial charge is 0.320 e. The van der Waals surface area contributed by atoms with Crippen LogP contribution in [0.1, 0.15) is 25.1 Å². The predicted molar refractivity (Wildman–Crippen MR) is 76.6 cm³/mol. The molecule has 1 aromatic rings. The van der Waals surface area contributed by atoms with Crippen molar-refractivity contribution in [1.29, 1.82) is 0 Å². The molecule has 0 bridgehead atoms. The van der Waals surface area contributed by atoms with Crippen LogP contribution >= 0.6 is 23.2 Å². The van der Waals surface area contributed by atoms with Gasteiger partial charge in [0, 0.05) is 22.8 Å². The second-order valence-corrected chi connectivity index (χ2v) is 4.89. The minimum absolute atomic E-state index is 0.213. The number of aryl methyl sites for hydroxylation is 1. The predicted octanol–water partition coefficient (Wildman–Crippen LogP) is 3.08. The highest BCUT2D eigenvalue weighted by Crippen LogP contribution is 2.25. The van der Waals surface area contributed by atoms with Crippen molar-refractivity contribution in [3.63, 3.8) is 0 Å². The summed E-state index contributed by atoms with van der Waals surface area (Å²) in [5.74, 6) is -0.253. The summed E-state index contributed by atoms with van der Waals surface area (Å²) < 4.78 is 4.93. The van der Waals surface area contributed by atoms with Crippen molar-refractivity contribution in [1.82, 2.24) is 9.88 Å². The van der Waals surface area contributed by atoms with Crippen molar-refractivity contribution < 1.29 is 9.53 Å². The molecule has 1 heterocycles. The van der Waals surface area contributed by atoms with Gasteiger partial charge in [0.2, 0.25) is 0 Å². The van der Waals surface area contributed by atoms with Crippen LogP contribution in [-0.2, 0) is 16.1 Å². The van der Waals surface area contributed by atoms with Crippen LogP contribution in [0.3, 0.4) is 0 Å². The average molecular weight is 305 g/mol. The molecular weight excluding hydrogens is 287 g/mol. The number of rotatable bonds is 6. The first kappa shape index (κ1) is 16.2. The van der Waals surface area contributed by atoms with Gasteiger partial charge >= 0.3 is 5.97 Å². The standard InChI is InChI=1S/C13H18Cl2N2O2/c1-4-17(8-12(18)19-5-2)7-10-11(14)6-9(3)16-13(10)15/h6H,4-5,7-8H2,1-3H3. The zero-order valence-electron chi connectivity index (χ0n) is 11.4. The first-order valence-corrected chi connectivity index (χ1v) is 6.93. The summed E-state index contributed by atoms with van der Waals surface area (Å²) in [4.78, 5) is 17.6. The van der Waals surface area contributed by atoms with Crippen molar-refractivity contribution >= 4 is 29.2 Å². The first-order chi connectivity index (χ1) is 8.97. The van der Waals surface area contributed by atoms with Crippen molar-refractivity contribution in [2.45, 2.75) is 27.3 Å². The molecule has 0 N–H and O–H groups in total. The summed E-state index contributed by atoms with van der Waals surface area (Å²) in [6.07, 6.45) is 0. The zero-order valence-corrected chi connectivity index (χ0v) is 12.9. The number of halogens is 2. The van der Waals surface area contributed by atoms with E-state index in [9.17, 15) is 4.79 Å². The van der Waals surface area contributed by atoms with Crippen LogP contribution in [-0.4, -0.2) is 35.5 Å². The molecule has 1 rings (SSSR count). The number of likely N-dealkylation sites (N-methyl/N-ethyl adjacent to an activating group) is 1. The Bertz CT molecular complexity index is 429. The molecule has 0 radical (unpaired) electrons. The second kappa shape index (κ2) is 7.68. The molecule has 106 valence electrons. The lowest BCUT2D eigenvalue weighted by Crippen LogP contribution is -2.30. The number of esters is 1. The van der Waals surface area contributed by atoms with Crippen molar-refractivity contribution in [2.75, 3.05) is 19.7 Å². The second-order valence-electron chi connectivity index (χ2n) is 4.12. The Kier molecular flexibility index (Phi) is 6.55. The molecule has 0 saturated heterocycles. The van der Waals surface area contributed by atoms with E-state index < -0.39 is 0 Å². The van der Waals surface area contributed by atoms with Crippen LogP contribution in [0.25, 0.3) is 0 Å². The third-order valence-electron chi connectivity index (χ3n) is 2.63. The van der Waals surface area contributed by atoms with E-state index in [0.717, 1.165) is 11.3 Å². The maximum Gasteiger partial charge on any atom is 0.320 e. The lowest BCUT2D eigenvalue weighted by atomic mass is 10.2. The van der Waals surface area contributed by atoms with Crippen LogP contribution in [0.4, 0.5) is 0 Å². The van der Waals surface area contributed by atoms with Crippen molar-refractivity contribution in [3.05, 3.63) is 27.5 Å². The van der Waals surface area contributed by atoms with E-state index in [0.29, 0.717) is 29.9 Å². The number of ether oxygens (including phenoxy) is 1. The van der Waals surface area contributed by atoms with Gasteiger partial charge in [-0.1, -0.05) is 30.1 Å². The van der Waals surface area contributed by atoms with E-state index >= 15 is 0 Å². The van der Waals surface area contributed by atoms with Gasteiger partial charge in [0.15, 0.2) is 0 Å². The Labute approximate surface area is 123 Å². The van der Waals surface area contributed by atoms with Gasteiger partial charge in [-0.05, 0) is 26.5 Å². The molecule has 0 fully saturated rings. The number of hydrogen-bond donors (Lipinski definition) is 0. The van der Waals surface area contributed by atoms with Gasteiger partial charge in [-0.2, -0.15) is 0 Å². The minimum atomic E-state index is -0.253. The number of carbonyl (C=O) groups excluding carboxylic acids is 1. The normalized spacial score (nSPS) is 10.8. The molecule has 0 aromatic carbocycles. The van der Waals surface area contributed by atoms with E-state index in [1.165, 1.54) is 0 Å². The van der Waals surface area contributed by atoms with Crippen LogP contribution in [0.2, 0.25) is 10.2 Å². The molecule has 0 spiro atoms. The molecule has 0 aliphatic carbocycles. The zero-order chi connectivity index (χ0) is 14.4. The van der Waals surface area contributed by atoms with Crippen LogP contribution in [0.15, 0.2) is 6.07 Å². The van der Waals surface area contributed by atoms with Gasteiger partial charge in [0.1, 0.15) is 5.15 Å². The Morgan fingerprint density at radius 3 is 2.63 bits per heavy atom. The summed E-state index contributed by atoms with van der Waals surface area (Å²) >= 11 is 12.3. The molecule has 0 aliphatic rings. The van der Waals surface area contributed by atoms with Crippen LogP contribution in [0.5, 0.6) is 0 Å². The molecule has 0 aliphatic heterocycles. The summed E-state index contributed by atoms with van der Waals surface area (Å²) in [5, 5.41) is 0.951. The Balaban J connectivity index is 2.78. The van der Waals surface area contributed by atoms with Crippen molar-refractivity contribution in [3.8, 4) is 0 Å².